The van der Waals surface area contributed by atoms with Gasteiger partial charge >= 0.3 is 5.97 Å². The van der Waals surface area contributed by atoms with Crippen LogP contribution in [-0.4, -0.2) is 24.8 Å². The van der Waals surface area contributed by atoms with Gasteiger partial charge in [-0.1, -0.05) is 18.2 Å². The number of benzene rings is 2. The Labute approximate surface area is 135 Å². The van der Waals surface area contributed by atoms with E-state index in [0.717, 1.165) is 16.9 Å². The summed E-state index contributed by atoms with van der Waals surface area (Å²) in [6.45, 7) is 3.76. The molecular formula is C18H21NO4. The van der Waals surface area contributed by atoms with Gasteiger partial charge in [0.1, 0.15) is 0 Å². The molecule has 0 fully saturated rings. The Morgan fingerprint density at radius 2 is 1.83 bits per heavy atom. The highest BCUT2D eigenvalue weighted by Gasteiger charge is 2.06. The lowest BCUT2D eigenvalue weighted by molar-refractivity contribution is 0.0696. The van der Waals surface area contributed by atoms with Gasteiger partial charge in [0.15, 0.2) is 11.5 Å². The van der Waals surface area contributed by atoms with E-state index < -0.39 is 5.97 Å². The van der Waals surface area contributed by atoms with Crippen LogP contribution in [0.3, 0.4) is 0 Å². The Morgan fingerprint density at radius 1 is 1.09 bits per heavy atom. The fourth-order valence-electron chi connectivity index (χ4n) is 2.26. The average Bonchev–Trinajstić information content (AvgIpc) is 2.56. The van der Waals surface area contributed by atoms with Crippen molar-refractivity contribution >= 4 is 5.97 Å². The summed E-state index contributed by atoms with van der Waals surface area (Å²) in [5, 5.41) is 12.3. The van der Waals surface area contributed by atoms with E-state index in [1.165, 1.54) is 0 Å². The SMILES string of the molecule is CCOc1cc(CNCc2cccc(C(=O)O)c2)ccc1OC. The molecule has 2 aromatic rings. The number of methoxy groups -OCH3 is 1. The maximum atomic E-state index is 11.0. The summed E-state index contributed by atoms with van der Waals surface area (Å²) in [4.78, 5) is 11.0. The van der Waals surface area contributed by atoms with Crippen molar-refractivity contribution in [1.29, 1.82) is 0 Å². The highest BCUT2D eigenvalue weighted by molar-refractivity contribution is 5.87. The first-order valence-corrected chi connectivity index (χ1v) is 7.46. The fourth-order valence-corrected chi connectivity index (χ4v) is 2.26. The molecule has 0 amide bonds. The maximum absolute atomic E-state index is 11.0. The van der Waals surface area contributed by atoms with Gasteiger partial charge in [-0.15, -0.1) is 0 Å². The van der Waals surface area contributed by atoms with E-state index in [2.05, 4.69) is 5.32 Å². The van der Waals surface area contributed by atoms with E-state index in [1.807, 2.05) is 31.2 Å². The standard InChI is InChI=1S/C18H21NO4/c1-3-23-17-10-14(7-8-16(17)22-2)12-19-11-13-5-4-6-15(9-13)18(20)21/h4-10,19H,3,11-12H2,1-2H3,(H,20,21). The minimum absolute atomic E-state index is 0.298. The van der Waals surface area contributed by atoms with E-state index in [4.69, 9.17) is 14.6 Å². The van der Waals surface area contributed by atoms with Gasteiger partial charge in [0.25, 0.3) is 0 Å². The fraction of sp³-hybridized carbons (Fsp3) is 0.278. The molecule has 0 spiro atoms. The molecule has 0 saturated heterocycles. The summed E-state index contributed by atoms with van der Waals surface area (Å²) in [7, 11) is 1.62. The number of carboxylic acids is 1. The van der Waals surface area contributed by atoms with Crippen molar-refractivity contribution in [2.45, 2.75) is 20.0 Å². The maximum Gasteiger partial charge on any atom is 0.335 e. The monoisotopic (exact) mass is 315 g/mol. The molecule has 0 saturated carbocycles. The molecule has 2 rings (SSSR count). The Kier molecular flexibility index (Phi) is 6.00. The Morgan fingerprint density at radius 3 is 2.48 bits per heavy atom. The number of carbonyl (C=O) groups is 1. The largest absolute Gasteiger partial charge is 0.493 e. The molecule has 5 nitrogen and oxygen atoms in total. The minimum Gasteiger partial charge on any atom is -0.493 e. The minimum atomic E-state index is -0.914. The smallest absolute Gasteiger partial charge is 0.335 e. The number of nitrogens with one attached hydrogen (secondary N) is 1. The number of rotatable bonds is 8. The molecule has 0 radical (unpaired) electrons. The second kappa shape index (κ2) is 8.19. The molecule has 5 heteroatoms. The van der Waals surface area contributed by atoms with E-state index in [1.54, 1.807) is 25.3 Å². The number of carboxylic acid groups (broad SMARTS) is 1. The van der Waals surface area contributed by atoms with Crippen molar-refractivity contribution in [2.75, 3.05) is 13.7 Å². The number of ether oxygens (including phenoxy) is 2. The number of hydrogen-bond donors (Lipinski definition) is 2. The Hall–Kier alpha value is -2.53. The molecule has 23 heavy (non-hydrogen) atoms. The highest BCUT2D eigenvalue weighted by atomic mass is 16.5. The Balaban J connectivity index is 1.97. The van der Waals surface area contributed by atoms with Crippen molar-refractivity contribution in [2.24, 2.45) is 0 Å². The summed E-state index contributed by atoms with van der Waals surface area (Å²) in [5.74, 6) is 0.523. The van der Waals surface area contributed by atoms with Crippen LogP contribution < -0.4 is 14.8 Å². The van der Waals surface area contributed by atoms with Crippen molar-refractivity contribution in [3.63, 3.8) is 0 Å². The third-order valence-corrected chi connectivity index (χ3v) is 3.36. The van der Waals surface area contributed by atoms with Crippen molar-refractivity contribution in [3.8, 4) is 11.5 Å². The van der Waals surface area contributed by atoms with Gasteiger partial charge in [-0.3, -0.25) is 0 Å². The predicted octanol–water partition coefficient (Wildman–Crippen LogP) is 3.08. The molecule has 0 aliphatic rings. The summed E-state index contributed by atoms with van der Waals surface area (Å²) < 4.78 is 10.8. The topological polar surface area (TPSA) is 67.8 Å². The second-order valence-electron chi connectivity index (χ2n) is 5.03. The van der Waals surface area contributed by atoms with Crippen LogP contribution in [0.2, 0.25) is 0 Å². The number of aromatic carboxylic acids is 1. The van der Waals surface area contributed by atoms with Crippen LogP contribution >= 0.6 is 0 Å². The van der Waals surface area contributed by atoms with Crippen molar-refractivity contribution < 1.29 is 19.4 Å². The first-order chi connectivity index (χ1) is 11.1. The number of hydrogen-bond acceptors (Lipinski definition) is 4. The lowest BCUT2D eigenvalue weighted by atomic mass is 10.1. The quantitative estimate of drug-likeness (QED) is 0.783. The molecule has 0 atom stereocenters. The van der Waals surface area contributed by atoms with Gasteiger partial charge in [0.05, 0.1) is 19.3 Å². The summed E-state index contributed by atoms with van der Waals surface area (Å²) in [6.07, 6.45) is 0. The van der Waals surface area contributed by atoms with E-state index >= 15 is 0 Å². The lowest BCUT2D eigenvalue weighted by Crippen LogP contribution is -2.13. The Bertz CT molecular complexity index is 670. The van der Waals surface area contributed by atoms with Crippen LogP contribution in [-0.2, 0) is 13.1 Å². The summed E-state index contributed by atoms with van der Waals surface area (Å²) >= 11 is 0. The summed E-state index contributed by atoms with van der Waals surface area (Å²) in [6, 6.07) is 12.7. The van der Waals surface area contributed by atoms with Crippen molar-refractivity contribution in [1.82, 2.24) is 5.32 Å². The molecule has 0 heterocycles. The zero-order valence-corrected chi connectivity index (χ0v) is 13.3. The molecule has 2 aromatic carbocycles. The van der Waals surface area contributed by atoms with Gasteiger partial charge in [-0.05, 0) is 42.3 Å². The van der Waals surface area contributed by atoms with E-state index in [9.17, 15) is 4.79 Å². The second-order valence-corrected chi connectivity index (χ2v) is 5.03. The van der Waals surface area contributed by atoms with Crippen LogP contribution in [0.5, 0.6) is 11.5 Å². The first kappa shape index (κ1) is 16.8. The van der Waals surface area contributed by atoms with E-state index in [-0.39, 0.29) is 0 Å². The van der Waals surface area contributed by atoms with Gasteiger partial charge in [-0.2, -0.15) is 0 Å². The van der Waals surface area contributed by atoms with Crippen molar-refractivity contribution in [3.05, 3.63) is 59.2 Å². The zero-order valence-electron chi connectivity index (χ0n) is 13.3. The molecular weight excluding hydrogens is 294 g/mol. The predicted molar refractivity (Wildman–Crippen MR) is 88.1 cm³/mol. The molecule has 2 N–H and O–H groups in total. The van der Waals surface area contributed by atoms with Gasteiger partial charge < -0.3 is 19.9 Å². The van der Waals surface area contributed by atoms with Crippen LogP contribution in [0.25, 0.3) is 0 Å². The van der Waals surface area contributed by atoms with E-state index in [0.29, 0.717) is 31.0 Å². The molecule has 0 aromatic heterocycles. The van der Waals surface area contributed by atoms with Crippen LogP contribution in [0, 0.1) is 0 Å². The van der Waals surface area contributed by atoms with Gasteiger partial charge in [-0.25, -0.2) is 4.79 Å². The molecule has 0 aliphatic heterocycles. The molecule has 0 bridgehead atoms. The van der Waals surface area contributed by atoms with Crippen LogP contribution in [0.15, 0.2) is 42.5 Å². The third kappa shape index (κ3) is 4.72. The van der Waals surface area contributed by atoms with Crippen LogP contribution in [0.4, 0.5) is 0 Å². The zero-order chi connectivity index (χ0) is 16.7. The first-order valence-electron chi connectivity index (χ1n) is 7.46. The average molecular weight is 315 g/mol. The molecule has 0 aliphatic carbocycles. The van der Waals surface area contributed by atoms with Gasteiger partial charge in [0, 0.05) is 13.1 Å². The molecule has 122 valence electrons. The highest BCUT2D eigenvalue weighted by Crippen LogP contribution is 2.28. The summed E-state index contributed by atoms with van der Waals surface area (Å²) in [5.41, 5.74) is 2.31. The molecule has 0 unspecified atom stereocenters. The van der Waals surface area contributed by atoms with Crippen LogP contribution in [0.1, 0.15) is 28.4 Å². The third-order valence-electron chi connectivity index (χ3n) is 3.36. The van der Waals surface area contributed by atoms with Gasteiger partial charge in [0.2, 0.25) is 0 Å². The lowest BCUT2D eigenvalue weighted by Gasteiger charge is -2.12. The normalized spacial score (nSPS) is 10.3.